The molecule has 0 spiro atoms. The van der Waals surface area contributed by atoms with Gasteiger partial charge in [0.1, 0.15) is 4.75 Å². The zero-order valence-corrected chi connectivity index (χ0v) is 9.62. The largest absolute Gasteiger partial charge is 0.480 e. The van der Waals surface area contributed by atoms with Crippen molar-refractivity contribution < 1.29 is 9.90 Å². The van der Waals surface area contributed by atoms with Crippen LogP contribution >= 0.6 is 35.8 Å². The van der Waals surface area contributed by atoms with E-state index in [-0.39, 0.29) is 5.92 Å². The van der Waals surface area contributed by atoms with E-state index in [2.05, 4.69) is 12.6 Å². The van der Waals surface area contributed by atoms with E-state index in [1.165, 1.54) is 5.54 Å². The smallest absolute Gasteiger partial charge is 0.320 e. The maximum atomic E-state index is 10.9. The minimum absolute atomic E-state index is 0.306. The van der Waals surface area contributed by atoms with Crippen molar-refractivity contribution in [2.45, 2.75) is 18.6 Å². The Kier molecular flexibility index (Phi) is 2.65. The van der Waals surface area contributed by atoms with Crippen molar-refractivity contribution in [2.24, 2.45) is 11.3 Å². The molecule has 0 bridgehead atoms. The van der Waals surface area contributed by atoms with Crippen LogP contribution in [0.3, 0.4) is 0 Å². The Bertz CT molecular complexity index is 288. The van der Waals surface area contributed by atoms with Crippen LogP contribution in [-0.4, -0.2) is 15.8 Å². The molecule has 0 saturated heterocycles. The lowest BCUT2D eigenvalue weighted by Crippen LogP contribution is -2.21. The summed E-state index contributed by atoms with van der Waals surface area (Å²) < 4.78 is -1.09. The Balaban J connectivity index is 3.02. The molecule has 0 aromatic heterocycles. The Morgan fingerprint density at radius 2 is 2.08 bits per heavy atom. The predicted molar refractivity (Wildman–Crippen MR) is 56.4 cm³/mol. The molecule has 1 aliphatic rings. The summed E-state index contributed by atoms with van der Waals surface area (Å²) >= 11 is 15.4. The summed E-state index contributed by atoms with van der Waals surface area (Å²) in [6.07, 6.45) is 0. The van der Waals surface area contributed by atoms with Crippen LogP contribution in [0.1, 0.15) is 13.8 Å². The number of carboxylic acid groups (broad SMARTS) is 1. The van der Waals surface area contributed by atoms with Gasteiger partial charge in [-0.1, -0.05) is 37.0 Å². The molecule has 1 fully saturated rings. The summed E-state index contributed by atoms with van der Waals surface area (Å²) in [5.74, 6) is -1.26. The van der Waals surface area contributed by atoms with Gasteiger partial charge in [-0.15, -0.1) is 0 Å². The second-order valence-electron chi connectivity index (χ2n) is 3.72. The molecule has 1 saturated carbocycles. The molecule has 0 aliphatic heterocycles. The molecule has 2 nitrogen and oxygen atoms in total. The highest BCUT2D eigenvalue weighted by molar-refractivity contribution is 7.83. The van der Waals surface area contributed by atoms with Crippen LogP contribution in [-0.2, 0) is 4.79 Å². The minimum atomic E-state index is -1.09. The molecule has 0 heterocycles. The van der Waals surface area contributed by atoms with Crippen LogP contribution in [0.15, 0.2) is 10.6 Å². The standard InChI is InChI=1S/C8H10Cl2O2S/c1-7(2)5(4(10)3-9)8(7,13)6(11)12/h3,5,13H,1-2H3,(H,11,12). The monoisotopic (exact) mass is 240 g/mol. The normalized spacial score (nSPS) is 37.3. The third-order valence-electron chi connectivity index (χ3n) is 2.74. The average molecular weight is 241 g/mol. The fourth-order valence-electron chi connectivity index (χ4n) is 1.75. The van der Waals surface area contributed by atoms with Gasteiger partial charge in [0.25, 0.3) is 0 Å². The fraction of sp³-hybridized carbons (Fsp3) is 0.625. The molecule has 2 atom stereocenters. The van der Waals surface area contributed by atoms with Crippen molar-refractivity contribution in [3.8, 4) is 0 Å². The lowest BCUT2D eigenvalue weighted by molar-refractivity contribution is -0.138. The van der Waals surface area contributed by atoms with E-state index in [4.69, 9.17) is 28.3 Å². The van der Waals surface area contributed by atoms with Gasteiger partial charge in [-0.2, -0.15) is 12.6 Å². The highest BCUT2D eigenvalue weighted by Gasteiger charge is 2.75. The molecule has 5 heteroatoms. The molecular weight excluding hydrogens is 231 g/mol. The molecule has 13 heavy (non-hydrogen) atoms. The van der Waals surface area contributed by atoms with Crippen LogP contribution in [0.2, 0.25) is 0 Å². The summed E-state index contributed by atoms with van der Waals surface area (Å²) in [5, 5.41) is 9.31. The second kappa shape index (κ2) is 3.07. The van der Waals surface area contributed by atoms with Crippen molar-refractivity contribution >= 4 is 41.8 Å². The zero-order chi connectivity index (χ0) is 10.4. The number of rotatable bonds is 2. The second-order valence-corrected chi connectivity index (χ2v) is 5.08. The first-order chi connectivity index (χ1) is 5.80. The topological polar surface area (TPSA) is 37.3 Å². The Hall–Kier alpha value is 0.140. The van der Waals surface area contributed by atoms with Crippen LogP contribution in [0.4, 0.5) is 0 Å². The van der Waals surface area contributed by atoms with E-state index >= 15 is 0 Å². The van der Waals surface area contributed by atoms with E-state index in [0.717, 1.165) is 0 Å². The number of hydrogen-bond donors (Lipinski definition) is 2. The van der Waals surface area contributed by atoms with Gasteiger partial charge in [0, 0.05) is 21.9 Å². The molecule has 1 aliphatic carbocycles. The molecule has 74 valence electrons. The summed E-state index contributed by atoms with van der Waals surface area (Å²) in [7, 11) is 0. The fourth-order valence-corrected chi connectivity index (χ4v) is 2.91. The van der Waals surface area contributed by atoms with Crippen LogP contribution in [0.5, 0.6) is 0 Å². The van der Waals surface area contributed by atoms with Crippen molar-refractivity contribution in [3.63, 3.8) is 0 Å². The molecule has 0 radical (unpaired) electrons. The molecule has 0 aromatic carbocycles. The van der Waals surface area contributed by atoms with Gasteiger partial charge >= 0.3 is 5.97 Å². The third-order valence-corrected chi connectivity index (χ3v) is 4.44. The number of aliphatic carboxylic acids is 1. The summed E-state index contributed by atoms with van der Waals surface area (Å²) in [6.45, 7) is 3.61. The van der Waals surface area contributed by atoms with Crippen LogP contribution < -0.4 is 0 Å². The summed E-state index contributed by atoms with van der Waals surface area (Å²) in [6, 6.07) is 0. The summed E-state index contributed by atoms with van der Waals surface area (Å²) in [5.41, 5.74) is 0.749. The van der Waals surface area contributed by atoms with Crippen molar-refractivity contribution in [1.29, 1.82) is 0 Å². The number of hydrogen-bond acceptors (Lipinski definition) is 2. The van der Waals surface area contributed by atoms with E-state index < -0.39 is 16.1 Å². The number of thiol groups is 1. The zero-order valence-electron chi connectivity index (χ0n) is 7.21. The number of carbonyl (C=O) groups is 1. The van der Waals surface area contributed by atoms with E-state index in [9.17, 15) is 4.79 Å². The van der Waals surface area contributed by atoms with Gasteiger partial charge in [-0.25, -0.2) is 0 Å². The van der Waals surface area contributed by atoms with Gasteiger partial charge < -0.3 is 5.11 Å². The lowest BCUT2D eigenvalue weighted by atomic mass is 10.1. The first kappa shape index (κ1) is 11.2. The predicted octanol–water partition coefficient (Wildman–Crippen LogP) is 2.71. The highest BCUT2D eigenvalue weighted by Crippen LogP contribution is 2.69. The molecule has 0 amide bonds. The first-order valence-electron chi connectivity index (χ1n) is 3.71. The maximum absolute atomic E-state index is 10.9. The average Bonchev–Trinajstić information content (AvgIpc) is 2.47. The van der Waals surface area contributed by atoms with Gasteiger partial charge in [-0.05, 0) is 0 Å². The molecule has 1 rings (SSSR count). The quantitative estimate of drug-likeness (QED) is 0.729. The van der Waals surface area contributed by atoms with Crippen LogP contribution in [0.25, 0.3) is 0 Å². The Morgan fingerprint density at radius 1 is 1.62 bits per heavy atom. The van der Waals surface area contributed by atoms with E-state index in [1.807, 2.05) is 13.8 Å². The van der Waals surface area contributed by atoms with Gasteiger partial charge in [0.2, 0.25) is 0 Å². The number of allylic oxidation sites excluding steroid dienone is 1. The molecule has 2 unspecified atom stereocenters. The highest BCUT2D eigenvalue weighted by atomic mass is 35.5. The van der Waals surface area contributed by atoms with E-state index in [0.29, 0.717) is 5.03 Å². The SMILES string of the molecule is CC1(C)C(C(Cl)=CCl)C1(S)C(=O)O. The number of halogens is 2. The van der Waals surface area contributed by atoms with Gasteiger partial charge in [-0.3, -0.25) is 4.79 Å². The Morgan fingerprint density at radius 3 is 2.31 bits per heavy atom. The molecule has 1 N–H and O–H groups in total. The maximum Gasteiger partial charge on any atom is 0.320 e. The van der Waals surface area contributed by atoms with Crippen LogP contribution in [0, 0.1) is 11.3 Å². The van der Waals surface area contributed by atoms with Crippen molar-refractivity contribution in [3.05, 3.63) is 10.6 Å². The third kappa shape index (κ3) is 1.29. The number of carboxylic acids is 1. The minimum Gasteiger partial charge on any atom is -0.480 e. The molecule has 0 aromatic rings. The van der Waals surface area contributed by atoms with Gasteiger partial charge in [0.15, 0.2) is 0 Å². The van der Waals surface area contributed by atoms with E-state index in [1.54, 1.807) is 0 Å². The van der Waals surface area contributed by atoms with Crippen molar-refractivity contribution in [1.82, 2.24) is 0 Å². The first-order valence-corrected chi connectivity index (χ1v) is 4.97. The molecular formula is C8H10Cl2O2S. The lowest BCUT2D eigenvalue weighted by Gasteiger charge is -2.05. The Labute approximate surface area is 92.3 Å². The van der Waals surface area contributed by atoms with Crippen molar-refractivity contribution in [2.75, 3.05) is 0 Å². The summed E-state index contributed by atoms with van der Waals surface area (Å²) in [4.78, 5) is 10.9. The van der Waals surface area contributed by atoms with Gasteiger partial charge in [0.05, 0.1) is 0 Å².